The maximum absolute atomic E-state index is 6.41. The lowest BCUT2D eigenvalue weighted by Crippen LogP contribution is -2.19. The quantitative estimate of drug-likeness (QED) is 0.155. The highest BCUT2D eigenvalue weighted by Gasteiger charge is 2.29. The van der Waals surface area contributed by atoms with E-state index in [1.165, 1.54) is 11.1 Å². The van der Waals surface area contributed by atoms with Crippen molar-refractivity contribution in [3.63, 3.8) is 0 Å². The van der Waals surface area contributed by atoms with Crippen molar-refractivity contribution < 1.29 is 4.74 Å². The predicted octanol–water partition coefficient (Wildman–Crippen LogP) is 12.8. The fraction of sp³-hybridized carbons (Fsp3) is 0.0196. The summed E-state index contributed by atoms with van der Waals surface area (Å²) in [6, 6.07) is 66.4. The summed E-state index contributed by atoms with van der Waals surface area (Å²) in [5, 5.41) is 0. The number of pyridine rings is 1. The number of ether oxygens (including phenoxy) is 1. The Hall–Kier alpha value is -7.70. The highest BCUT2D eigenvalue weighted by molar-refractivity contribution is 5.89. The van der Waals surface area contributed by atoms with Crippen molar-refractivity contribution in [1.29, 1.82) is 0 Å². The van der Waals surface area contributed by atoms with Crippen LogP contribution in [-0.2, 0) is 6.42 Å². The monoisotopic (exact) mass is 733 g/mol. The van der Waals surface area contributed by atoms with Crippen LogP contribution in [0.2, 0.25) is 0 Å². The highest BCUT2D eigenvalue weighted by atomic mass is 16.5. The zero-order valence-corrected chi connectivity index (χ0v) is 30.9. The molecule has 0 amide bonds. The third kappa shape index (κ3) is 6.70. The van der Waals surface area contributed by atoms with Gasteiger partial charge < -0.3 is 4.74 Å². The molecule has 0 radical (unpaired) electrons. The summed E-state index contributed by atoms with van der Waals surface area (Å²) in [6.07, 6.45) is 2.37. The molecule has 0 aliphatic carbocycles. The third-order valence-electron chi connectivity index (χ3n) is 10.2. The summed E-state index contributed by atoms with van der Waals surface area (Å²) in [5.41, 5.74) is 11.3. The van der Waals surface area contributed by atoms with Gasteiger partial charge in [-0.1, -0.05) is 158 Å². The topological polar surface area (TPSA) is 64.0 Å². The number of hydrogen-bond acceptors (Lipinski definition) is 6. The van der Waals surface area contributed by atoms with Gasteiger partial charge in [0.05, 0.1) is 11.4 Å². The molecule has 1 aliphatic heterocycles. The smallest absolute Gasteiger partial charge is 0.163 e. The largest absolute Gasteiger partial charge is 0.453 e. The number of fused-ring (bicyclic) bond motifs is 2. The molecule has 3 heterocycles. The molecule has 0 fully saturated rings. The molecule has 10 rings (SSSR count). The normalized spacial score (nSPS) is 11.7. The van der Waals surface area contributed by atoms with Crippen molar-refractivity contribution in [3.8, 4) is 67.7 Å². The van der Waals surface area contributed by atoms with E-state index in [1.807, 2.05) is 103 Å². The van der Waals surface area contributed by atoms with E-state index in [0.29, 0.717) is 23.9 Å². The zero-order valence-electron chi connectivity index (χ0n) is 30.9. The minimum absolute atomic E-state index is 0.397. The third-order valence-corrected chi connectivity index (χ3v) is 10.2. The number of anilines is 3. The second-order valence-electron chi connectivity index (χ2n) is 13.9. The van der Waals surface area contributed by atoms with Gasteiger partial charge in [0.1, 0.15) is 11.6 Å². The fourth-order valence-electron chi connectivity index (χ4n) is 7.48. The molecule has 0 saturated heterocycles. The average molecular weight is 734 g/mol. The molecule has 270 valence electrons. The second-order valence-corrected chi connectivity index (χ2v) is 13.9. The zero-order chi connectivity index (χ0) is 38.0. The summed E-state index contributed by atoms with van der Waals surface area (Å²) in [7, 11) is 0. The van der Waals surface area contributed by atoms with E-state index in [1.54, 1.807) is 0 Å². The van der Waals surface area contributed by atoms with Gasteiger partial charge >= 0.3 is 0 Å². The van der Waals surface area contributed by atoms with E-state index in [2.05, 4.69) is 102 Å². The van der Waals surface area contributed by atoms with Gasteiger partial charge in [0.15, 0.2) is 23.1 Å². The lowest BCUT2D eigenvalue weighted by molar-refractivity contribution is 0.476. The van der Waals surface area contributed by atoms with Crippen LogP contribution in [0.3, 0.4) is 0 Å². The van der Waals surface area contributed by atoms with Crippen LogP contribution in [0.25, 0.3) is 56.2 Å². The van der Waals surface area contributed by atoms with Gasteiger partial charge in [0, 0.05) is 34.9 Å². The van der Waals surface area contributed by atoms with E-state index in [-0.39, 0.29) is 0 Å². The maximum atomic E-state index is 6.41. The summed E-state index contributed by atoms with van der Waals surface area (Å²) in [6.45, 7) is 0. The van der Waals surface area contributed by atoms with Crippen LogP contribution in [0.15, 0.2) is 200 Å². The van der Waals surface area contributed by atoms with Gasteiger partial charge in [-0.2, -0.15) is 0 Å². The molecule has 57 heavy (non-hydrogen) atoms. The van der Waals surface area contributed by atoms with Crippen molar-refractivity contribution in [2.75, 3.05) is 4.90 Å². The van der Waals surface area contributed by atoms with Gasteiger partial charge in [-0.25, -0.2) is 19.9 Å². The number of hydrogen-bond donors (Lipinski definition) is 0. The van der Waals surface area contributed by atoms with Crippen molar-refractivity contribution in [3.05, 3.63) is 212 Å². The Bertz CT molecular complexity index is 2740. The Morgan fingerprint density at radius 2 is 0.895 bits per heavy atom. The molecule has 0 bridgehead atoms. The van der Waals surface area contributed by atoms with Gasteiger partial charge in [-0.05, 0) is 64.2 Å². The Labute approximate surface area is 331 Å². The van der Waals surface area contributed by atoms with Crippen LogP contribution in [-0.4, -0.2) is 19.9 Å². The molecule has 6 heteroatoms. The molecular formula is C51H35N5O. The van der Waals surface area contributed by atoms with E-state index in [4.69, 9.17) is 24.7 Å². The van der Waals surface area contributed by atoms with Crippen LogP contribution in [0.5, 0.6) is 11.5 Å². The van der Waals surface area contributed by atoms with E-state index < -0.39 is 0 Å². The maximum Gasteiger partial charge on any atom is 0.163 e. The van der Waals surface area contributed by atoms with Crippen LogP contribution < -0.4 is 9.64 Å². The number of para-hydroxylation sites is 4. The highest BCUT2D eigenvalue weighted by Crippen LogP contribution is 2.51. The molecule has 6 nitrogen and oxygen atoms in total. The first-order chi connectivity index (χ1) is 28.2. The number of aromatic nitrogens is 4. The lowest BCUT2D eigenvalue weighted by Gasteiger charge is -2.33. The summed E-state index contributed by atoms with van der Waals surface area (Å²) in [5.74, 6) is 4.17. The summed E-state index contributed by atoms with van der Waals surface area (Å²) in [4.78, 5) is 22.7. The van der Waals surface area contributed by atoms with Gasteiger partial charge in [-0.15, -0.1) is 0 Å². The lowest BCUT2D eigenvalue weighted by atomic mass is 9.91. The van der Waals surface area contributed by atoms with Crippen molar-refractivity contribution in [1.82, 2.24) is 19.9 Å². The Balaban J connectivity index is 1.17. The SMILES string of the molecule is c1ccc(-c2nc(Cc3cc(-c4ccc(-c5ccccc5)c(-c5ccccc5)c4)cnc3N3c4ccccc4Oc4ccccc43)nc(-c3ccccc3)n2)cc1. The molecule has 7 aromatic carbocycles. The molecule has 1 aliphatic rings. The number of benzene rings is 7. The average Bonchev–Trinajstić information content (AvgIpc) is 3.29. The minimum atomic E-state index is 0.397. The standard InChI is InChI=1S/C51H35N5O/c1-5-17-35(18-6-1)42-30-29-39(32-43(42)36-19-7-2-8-20-36)41-31-40(51(52-34-41)56-44-25-13-15-27-46(44)57-47-28-16-14-26-45(47)56)33-48-53-49(37-21-9-3-10-22-37)55-50(54-48)38-23-11-4-12-24-38/h1-32,34H,33H2. The first kappa shape index (κ1) is 33.8. The first-order valence-corrected chi connectivity index (χ1v) is 19.0. The molecule has 2 aromatic heterocycles. The molecule has 9 aromatic rings. The van der Waals surface area contributed by atoms with Crippen molar-refractivity contribution in [2.45, 2.75) is 6.42 Å². The molecular weight excluding hydrogens is 699 g/mol. The molecule has 0 spiro atoms. The van der Waals surface area contributed by atoms with Gasteiger partial charge in [-0.3, -0.25) is 4.90 Å². The van der Waals surface area contributed by atoms with E-state index >= 15 is 0 Å². The molecule has 0 atom stereocenters. The van der Waals surface area contributed by atoms with E-state index in [9.17, 15) is 0 Å². The molecule has 0 saturated carbocycles. The first-order valence-electron chi connectivity index (χ1n) is 19.0. The van der Waals surface area contributed by atoms with E-state index in [0.717, 1.165) is 67.6 Å². The second kappa shape index (κ2) is 14.9. The number of rotatable bonds is 8. The summed E-state index contributed by atoms with van der Waals surface area (Å²) < 4.78 is 6.41. The van der Waals surface area contributed by atoms with Gasteiger partial charge in [0.25, 0.3) is 0 Å². The minimum Gasteiger partial charge on any atom is -0.453 e. The Morgan fingerprint density at radius 3 is 1.46 bits per heavy atom. The fourth-order valence-corrected chi connectivity index (χ4v) is 7.48. The molecule has 0 N–H and O–H groups in total. The van der Waals surface area contributed by atoms with Crippen LogP contribution in [0.1, 0.15) is 11.4 Å². The summed E-state index contributed by atoms with van der Waals surface area (Å²) >= 11 is 0. The Morgan fingerprint density at radius 1 is 0.404 bits per heavy atom. The van der Waals surface area contributed by atoms with Crippen LogP contribution in [0, 0.1) is 0 Å². The number of nitrogens with zero attached hydrogens (tertiary/aromatic N) is 5. The Kier molecular flexibility index (Phi) is 8.82. The van der Waals surface area contributed by atoms with Crippen molar-refractivity contribution in [2.24, 2.45) is 0 Å². The van der Waals surface area contributed by atoms with Gasteiger partial charge in [0.2, 0.25) is 0 Å². The van der Waals surface area contributed by atoms with Crippen LogP contribution >= 0.6 is 0 Å². The van der Waals surface area contributed by atoms with Crippen LogP contribution in [0.4, 0.5) is 17.2 Å². The molecule has 0 unspecified atom stereocenters. The predicted molar refractivity (Wildman–Crippen MR) is 229 cm³/mol. The van der Waals surface area contributed by atoms with Crippen molar-refractivity contribution >= 4 is 17.2 Å².